The van der Waals surface area contributed by atoms with Crippen LogP contribution in [0.3, 0.4) is 0 Å². The number of carbonyl (C=O) groups is 1. The maximum atomic E-state index is 10.9. The summed E-state index contributed by atoms with van der Waals surface area (Å²) in [6.45, 7) is 6.25. The molecule has 88 valence electrons. The maximum absolute atomic E-state index is 10.9. The minimum atomic E-state index is -0.813. The van der Waals surface area contributed by atoms with Crippen LogP contribution in [0, 0.1) is 13.8 Å². The van der Waals surface area contributed by atoms with Gasteiger partial charge in [0.15, 0.2) is 0 Å². The quantitative estimate of drug-likeness (QED) is 0.817. The molecule has 1 atom stereocenters. The maximum Gasteiger partial charge on any atom is 0.304 e. The predicted octanol–water partition coefficient (Wildman–Crippen LogP) is 1.99. The Labute approximate surface area is 96.3 Å². The average molecular weight is 221 g/mol. The highest BCUT2D eigenvalue weighted by atomic mass is 16.4. The highest BCUT2D eigenvalue weighted by molar-refractivity contribution is 5.69. The van der Waals surface area contributed by atoms with Crippen LogP contribution >= 0.6 is 0 Å². The van der Waals surface area contributed by atoms with E-state index < -0.39 is 11.4 Å². The van der Waals surface area contributed by atoms with Gasteiger partial charge in [0.2, 0.25) is 0 Å². The molecule has 0 spiro atoms. The first-order valence-corrected chi connectivity index (χ1v) is 5.38. The Kier molecular flexibility index (Phi) is 3.70. The summed E-state index contributed by atoms with van der Waals surface area (Å²) in [5, 5.41) is 8.92. The summed E-state index contributed by atoms with van der Waals surface area (Å²) in [6, 6.07) is 6.10. The minimum absolute atomic E-state index is 0.0619. The molecule has 3 heteroatoms. The zero-order chi connectivity index (χ0) is 12.3. The molecule has 0 fully saturated rings. The molecule has 0 aromatic heterocycles. The summed E-state index contributed by atoms with van der Waals surface area (Å²) in [5.41, 5.74) is 8.53. The summed E-state index contributed by atoms with van der Waals surface area (Å²) in [5.74, 6) is -0.813. The van der Waals surface area contributed by atoms with Gasteiger partial charge in [-0.1, -0.05) is 36.2 Å². The number of nitrogens with two attached hydrogens (primary N) is 1. The molecule has 0 aliphatic heterocycles. The Morgan fingerprint density at radius 3 is 2.19 bits per heavy atom. The van der Waals surface area contributed by atoms with Crippen molar-refractivity contribution in [3.8, 4) is 0 Å². The third kappa shape index (κ3) is 2.83. The third-order valence-electron chi connectivity index (χ3n) is 2.91. The van der Waals surface area contributed by atoms with Crippen LogP contribution in [0.1, 0.15) is 30.0 Å². The van der Waals surface area contributed by atoms with E-state index in [0.717, 1.165) is 16.7 Å². The molecule has 1 aromatic carbocycles. The van der Waals surface area contributed by atoms with Gasteiger partial charge in [0.25, 0.3) is 0 Å². The fourth-order valence-corrected chi connectivity index (χ4v) is 1.95. The second kappa shape index (κ2) is 4.66. The van der Waals surface area contributed by atoms with E-state index in [0.29, 0.717) is 6.54 Å². The van der Waals surface area contributed by atoms with E-state index in [9.17, 15) is 4.79 Å². The third-order valence-corrected chi connectivity index (χ3v) is 2.91. The van der Waals surface area contributed by atoms with Crippen LogP contribution in [0.25, 0.3) is 0 Å². The number of aryl methyl sites for hydroxylation is 2. The van der Waals surface area contributed by atoms with Crippen LogP contribution in [-0.2, 0) is 10.2 Å². The lowest BCUT2D eigenvalue weighted by molar-refractivity contribution is -0.138. The smallest absolute Gasteiger partial charge is 0.304 e. The average Bonchev–Trinajstić information content (AvgIpc) is 2.15. The Morgan fingerprint density at radius 1 is 1.31 bits per heavy atom. The van der Waals surface area contributed by atoms with Gasteiger partial charge in [-0.2, -0.15) is 0 Å². The van der Waals surface area contributed by atoms with Gasteiger partial charge < -0.3 is 10.8 Å². The molecule has 1 aromatic rings. The number of carboxylic acids is 1. The van der Waals surface area contributed by atoms with Gasteiger partial charge in [0, 0.05) is 12.0 Å². The number of aliphatic carboxylic acids is 1. The molecule has 3 N–H and O–H groups in total. The standard InChI is InChI=1S/C13H19NO2/c1-9-4-10(2)6-11(5-9)13(3,8-14)7-12(15)16/h4-6H,7-8,14H2,1-3H3,(H,15,16). The Bertz CT molecular complexity index is 381. The van der Waals surface area contributed by atoms with E-state index in [4.69, 9.17) is 10.8 Å². The molecule has 0 saturated carbocycles. The van der Waals surface area contributed by atoms with Gasteiger partial charge in [-0.3, -0.25) is 4.79 Å². The number of hydrogen-bond donors (Lipinski definition) is 2. The van der Waals surface area contributed by atoms with Crippen LogP contribution in [0.2, 0.25) is 0 Å². The normalized spacial score (nSPS) is 14.5. The monoisotopic (exact) mass is 221 g/mol. The SMILES string of the molecule is Cc1cc(C)cc(C(C)(CN)CC(=O)O)c1. The number of rotatable bonds is 4. The molecule has 0 bridgehead atoms. The van der Waals surface area contributed by atoms with E-state index in [1.54, 1.807) is 0 Å². The van der Waals surface area contributed by atoms with Crippen LogP contribution in [0.4, 0.5) is 0 Å². The number of hydrogen-bond acceptors (Lipinski definition) is 2. The Balaban J connectivity index is 3.16. The lowest BCUT2D eigenvalue weighted by atomic mass is 9.78. The zero-order valence-corrected chi connectivity index (χ0v) is 10.1. The summed E-state index contributed by atoms with van der Waals surface area (Å²) in [4.78, 5) is 10.9. The summed E-state index contributed by atoms with van der Waals surface area (Å²) in [6.07, 6.45) is 0.0619. The van der Waals surface area contributed by atoms with E-state index >= 15 is 0 Å². The topological polar surface area (TPSA) is 63.3 Å². The van der Waals surface area contributed by atoms with Crippen LogP contribution in [0.15, 0.2) is 18.2 Å². The fourth-order valence-electron chi connectivity index (χ4n) is 1.95. The molecular weight excluding hydrogens is 202 g/mol. The van der Waals surface area contributed by atoms with Crippen molar-refractivity contribution >= 4 is 5.97 Å². The molecule has 3 nitrogen and oxygen atoms in total. The first-order chi connectivity index (χ1) is 7.37. The second-order valence-corrected chi connectivity index (χ2v) is 4.71. The Hall–Kier alpha value is -1.35. The van der Waals surface area contributed by atoms with Gasteiger partial charge >= 0.3 is 5.97 Å². The minimum Gasteiger partial charge on any atom is -0.481 e. The molecule has 0 heterocycles. The highest BCUT2D eigenvalue weighted by Gasteiger charge is 2.28. The molecule has 0 saturated heterocycles. The van der Waals surface area contributed by atoms with Gasteiger partial charge in [-0.15, -0.1) is 0 Å². The van der Waals surface area contributed by atoms with Gasteiger partial charge in [0.05, 0.1) is 6.42 Å². The molecule has 0 amide bonds. The molecule has 0 radical (unpaired) electrons. The van der Waals surface area contributed by atoms with Crippen LogP contribution in [-0.4, -0.2) is 17.6 Å². The van der Waals surface area contributed by atoms with E-state index in [1.807, 2.05) is 32.9 Å². The zero-order valence-electron chi connectivity index (χ0n) is 10.1. The number of benzene rings is 1. The fraction of sp³-hybridized carbons (Fsp3) is 0.462. The van der Waals surface area contributed by atoms with Gasteiger partial charge in [-0.25, -0.2) is 0 Å². The first kappa shape index (κ1) is 12.7. The van der Waals surface area contributed by atoms with Crippen molar-refractivity contribution in [3.05, 3.63) is 34.9 Å². The van der Waals surface area contributed by atoms with Crippen molar-refractivity contribution in [2.75, 3.05) is 6.54 Å². The van der Waals surface area contributed by atoms with Crippen LogP contribution < -0.4 is 5.73 Å². The van der Waals surface area contributed by atoms with Crippen molar-refractivity contribution in [1.29, 1.82) is 0 Å². The predicted molar refractivity (Wildman–Crippen MR) is 64.6 cm³/mol. The van der Waals surface area contributed by atoms with Crippen molar-refractivity contribution < 1.29 is 9.90 Å². The van der Waals surface area contributed by atoms with Crippen molar-refractivity contribution in [1.82, 2.24) is 0 Å². The number of carboxylic acid groups (broad SMARTS) is 1. The second-order valence-electron chi connectivity index (χ2n) is 4.71. The molecule has 16 heavy (non-hydrogen) atoms. The molecular formula is C13H19NO2. The molecule has 1 unspecified atom stereocenters. The summed E-state index contributed by atoms with van der Waals surface area (Å²) >= 11 is 0. The summed E-state index contributed by atoms with van der Waals surface area (Å²) < 4.78 is 0. The first-order valence-electron chi connectivity index (χ1n) is 5.38. The molecule has 0 aliphatic rings. The van der Waals surface area contributed by atoms with Crippen molar-refractivity contribution in [2.24, 2.45) is 5.73 Å². The van der Waals surface area contributed by atoms with Gasteiger partial charge in [-0.05, 0) is 19.4 Å². The van der Waals surface area contributed by atoms with Gasteiger partial charge in [0.1, 0.15) is 0 Å². The Morgan fingerprint density at radius 2 is 1.81 bits per heavy atom. The van der Waals surface area contributed by atoms with E-state index in [1.165, 1.54) is 0 Å². The van der Waals surface area contributed by atoms with E-state index in [-0.39, 0.29) is 6.42 Å². The van der Waals surface area contributed by atoms with Crippen molar-refractivity contribution in [3.63, 3.8) is 0 Å². The molecule has 0 aliphatic carbocycles. The highest BCUT2D eigenvalue weighted by Crippen LogP contribution is 2.28. The summed E-state index contributed by atoms with van der Waals surface area (Å²) in [7, 11) is 0. The van der Waals surface area contributed by atoms with E-state index in [2.05, 4.69) is 6.07 Å². The lowest BCUT2D eigenvalue weighted by Crippen LogP contribution is -2.34. The molecule has 1 rings (SSSR count). The van der Waals surface area contributed by atoms with Crippen LogP contribution in [0.5, 0.6) is 0 Å². The largest absolute Gasteiger partial charge is 0.481 e. The lowest BCUT2D eigenvalue weighted by Gasteiger charge is -2.27. The van der Waals surface area contributed by atoms with Crippen molar-refractivity contribution in [2.45, 2.75) is 32.6 Å².